The van der Waals surface area contributed by atoms with E-state index in [0.29, 0.717) is 35.1 Å². The van der Waals surface area contributed by atoms with Crippen LogP contribution in [0, 0.1) is 0 Å². The first-order chi connectivity index (χ1) is 21.3. The van der Waals surface area contributed by atoms with E-state index < -0.39 is 11.5 Å². The zero-order valence-electron chi connectivity index (χ0n) is 24.3. The van der Waals surface area contributed by atoms with E-state index in [-0.39, 0.29) is 29.5 Å². The van der Waals surface area contributed by atoms with Gasteiger partial charge in [-0.15, -0.1) is 0 Å². The number of hydrogen-bond acceptors (Lipinski definition) is 7. The number of benzene rings is 3. The maximum absolute atomic E-state index is 13.1. The molecule has 0 radical (unpaired) electrons. The van der Waals surface area contributed by atoms with Crippen molar-refractivity contribution < 1.29 is 29.0 Å². The molecule has 1 aliphatic carbocycles. The monoisotopic (exact) mass is 594 g/mol. The van der Waals surface area contributed by atoms with Gasteiger partial charge in [-0.1, -0.05) is 43.2 Å². The molecule has 10 nitrogen and oxygen atoms in total. The van der Waals surface area contributed by atoms with Crippen LogP contribution in [0.2, 0.25) is 0 Å². The van der Waals surface area contributed by atoms with Crippen molar-refractivity contribution >= 4 is 29.2 Å². The summed E-state index contributed by atoms with van der Waals surface area (Å²) in [6, 6.07) is 24.2. The Kier molecular flexibility index (Phi) is 9.39. The first-order valence-corrected chi connectivity index (χ1v) is 14.4. The second-order valence-corrected chi connectivity index (χ2v) is 10.7. The van der Waals surface area contributed by atoms with Gasteiger partial charge in [0, 0.05) is 25.0 Å². The zero-order valence-corrected chi connectivity index (χ0v) is 24.3. The van der Waals surface area contributed by atoms with Crippen molar-refractivity contribution in [2.75, 3.05) is 24.3 Å². The van der Waals surface area contributed by atoms with Crippen LogP contribution in [-0.4, -0.2) is 47.1 Å². The van der Waals surface area contributed by atoms with Gasteiger partial charge in [0.15, 0.2) is 0 Å². The van der Waals surface area contributed by atoms with Crippen LogP contribution in [0.15, 0.2) is 91.1 Å². The molecule has 5 rings (SSSR count). The lowest BCUT2D eigenvalue weighted by molar-refractivity contribution is -0.115. The standard InChI is InChI=1S/C34H34N4O6/c1-35-28-10-4-2-8-26(28)32(40)38-34(18-6-7-19-34)22-43-24-13-15-25(16-14-24)44-31-17-12-23(21-36-31)20-30(39)37-29-11-5-3-9-27(29)33(41)42/h2-5,8-17,21,35H,6-7,18-20,22H2,1H3,(H,37,39)(H,38,40)(H,41,42). The number of carbonyl (C=O) groups is 3. The molecule has 4 aromatic rings. The summed E-state index contributed by atoms with van der Waals surface area (Å²) < 4.78 is 12.0. The van der Waals surface area contributed by atoms with E-state index in [1.807, 2.05) is 36.4 Å². The third-order valence-corrected chi connectivity index (χ3v) is 7.54. The summed E-state index contributed by atoms with van der Waals surface area (Å²) in [5.74, 6) is -0.00974. The van der Waals surface area contributed by atoms with Crippen LogP contribution in [0.3, 0.4) is 0 Å². The molecule has 1 saturated carbocycles. The Labute approximate surface area is 255 Å². The maximum atomic E-state index is 13.1. The summed E-state index contributed by atoms with van der Waals surface area (Å²) >= 11 is 0. The number of aromatic carboxylic acids is 1. The molecular formula is C34H34N4O6. The second-order valence-electron chi connectivity index (χ2n) is 10.7. The van der Waals surface area contributed by atoms with E-state index in [9.17, 15) is 19.5 Å². The number of anilines is 2. The van der Waals surface area contributed by atoms with Gasteiger partial charge in [0.2, 0.25) is 11.8 Å². The quantitative estimate of drug-likeness (QED) is 0.159. The highest BCUT2D eigenvalue weighted by molar-refractivity contribution is 6.01. The highest BCUT2D eigenvalue weighted by Gasteiger charge is 2.37. The van der Waals surface area contributed by atoms with Gasteiger partial charge in [0.05, 0.1) is 28.8 Å². The van der Waals surface area contributed by atoms with Gasteiger partial charge in [0.1, 0.15) is 18.1 Å². The van der Waals surface area contributed by atoms with Crippen LogP contribution in [0.25, 0.3) is 0 Å². The van der Waals surface area contributed by atoms with E-state index in [2.05, 4.69) is 20.9 Å². The van der Waals surface area contributed by atoms with Gasteiger partial charge in [-0.3, -0.25) is 9.59 Å². The topological polar surface area (TPSA) is 139 Å². The molecule has 226 valence electrons. The number of aromatic nitrogens is 1. The number of amides is 2. The molecule has 0 saturated heterocycles. The van der Waals surface area contributed by atoms with E-state index >= 15 is 0 Å². The lowest BCUT2D eigenvalue weighted by atomic mass is 9.97. The number of para-hydroxylation sites is 2. The van der Waals surface area contributed by atoms with E-state index in [1.54, 1.807) is 55.7 Å². The minimum atomic E-state index is -1.11. The average molecular weight is 595 g/mol. The third-order valence-electron chi connectivity index (χ3n) is 7.54. The molecule has 1 aliphatic rings. The molecule has 1 heterocycles. The normalized spacial score (nSPS) is 13.5. The average Bonchev–Trinajstić information content (AvgIpc) is 3.50. The van der Waals surface area contributed by atoms with Gasteiger partial charge < -0.3 is 30.5 Å². The van der Waals surface area contributed by atoms with Crippen LogP contribution >= 0.6 is 0 Å². The minimum Gasteiger partial charge on any atom is -0.491 e. The summed E-state index contributed by atoms with van der Waals surface area (Å²) in [5.41, 5.74) is 1.86. The Hall–Kier alpha value is -5.38. The molecule has 0 unspecified atom stereocenters. The molecule has 0 aliphatic heterocycles. The second kappa shape index (κ2) is 13.7. The fourth-order valence-corrected chi connectivity index (χ4v) is 5.24. The fraction of sp³-hybridized carbons (Fsp3) is 0.235. The summed E-state index contributed by atoms with van der Waals surface area (Å²) in [6.07, 6.45) is 5.32. The Morgan fingerprint density at radius 2 is 1.50 bits per heavy atom. The van der Waals surface area contributed by atoms with Crippen molar-refractivity contribution in [3.05, 3.63) is 108 Å². The number of carboxylic acids is 1. The third kappa shape index (κ3) is 7.52. The summed E-state index contributed by atoms with van der Waals surface area (Å²) in [4.78, 5) is 41.3. The molecule has 4 N–H and O–H groups in total. The highest BCUT2D eigenvalue weighted by atomic mass is 16.5. The predicted molar refractivity (Wildman–Crippen MR) is 167 cm³/mol. The maximum Gasteiger partial charge on any atom is 0.337 e. The molecule has 1 fully saturated rings. The zero-order chi connectivity index (χ0) is 30.9. The van der Waals surface area contributed by atoms with Crippen molar-refractivity contribution in [1.29, 1.82) is 0 Å². The van der Waals surface area contributed by atoms with Crippen molar-refractivity contribution in [1.82, 2.24) is 10.3 Å². The van der Waals surface area contributed by atoms with Gasteiger partial charge in [0.25, 0.3) is 5.91 Å². The van der Waals surface area contributed by atoms with E-state index in [0.717, 1.165) is 31.4 Å². The fourth-order valence-electron chi connectivity index (χ4n) is 5.24. The first-order valence-electron chi connectivity index (χ1n) is 14.4. The number of carbonyl (C=O) groups excluding carboxylic acids is 2. The molecule has 3 aromatic carbocycles. The Morgan fingerprint density at radius 1 is 0.841 bits per heavy atom. The molecule has 10 heteroatoms. The Balaban J connectivity index is 1.14. The minimum absolute atomic E-state index is 0.0234. The first kappa shape index (κ1) is 30.1. The van der Waals surface area contributed by atoms with Crippen LogP contribution in [0.1, 0.15) is 52.0 Å². The van der Waals surface area contributed by atoms with Crippen molar-refractivity contribution in [3.63, 3.8) is 0 Å². The molecule has 0 spiro atoms. The smallest absolute Gasteiger partial charge is 0.337 e. The Morgan fingerprint density at radius 3 is 2.16 bits per heavy atom. The number of ether oxygens (including phenoxy) is 2. The van der Waals surface area contributed by atoms with E-state index in [4.69, 9.17) is 9.47 Å². The van der Waals surface area contributed by atoms with Crippen LogP contribution in [-0.2, 0) is 11.2 Å². The SMILES string of the molecule is CNc1ccccc1C(=O)NC1(COc2ccc(Oc3ccc(CC(=O)Nc4ccccc4C(=O)O)cn3)cc2)CCCC1. The molecule has 1 aromatic heterocycles. The molecule has 44 heavy (non-hydrogen) atoms. The summed E-state index contributed by atoms with van der Waals surface area (Å²) in [5, 5.41) is 18.3. The number of nitrogens with one attached hydrogen (secondary N) is 3. The van der Waals surface area contributed by atoms with Gasteiger partial charge in [-0.05, 0) is 66.9 Å². The largest absolute Gasteiger partial charge is 0.491 e. The molecule has 0 bridgehead atoms. The number of pyridine rings is 1. The summed E-state index contributed by atoms with van der Waals surface area (Å²) in [6.45, 7) is 0.360. The number of carboxylic acid groups (broad SMARTS) is 1. The lowest BCUT2D eigenvalue weighted by Crippen LogP contribution is -2.50. The lowest BCUT2D eigenvalue weighted by Gasteiger charge is -2.30. The number of hydrogen-bond donors (Lipinski definition) is 4. The number of rotatable bonds is 12. The van der Waals surface area contributed by atoms with Gasteiger partial charge in [-0.2, -0.15) is 0 Å². The van der Waals surface area contributed by atoms with E-state index in [1.165, 1.54) is 6.07 Å². The van der Waals surface area contributed by atoms with Gasteiger partial charge in [-0.25, -0.2) is 9.78 Å². The van der Waals surface area contributed by atoms with Gasteiger partial charge >= 0.3 is 5.97 Å². The van der Waals surface area contributed by atoms with Crippen LogP contribution in [0.4, 0.5) is 11.4 Å². The van der Waals surface area contributed by atoms with Crippen molar-refractivity contribution in [2.45, 2.75) is 37.6 Å². The number of nitrogens with zero attached hydrogens (tertiary/aromatic N) is 1. The van der Waals surface area contributed by atoms with Crippen molar-refractivity contribution in [3.8, 4) is 17.4 Å². The van der Waals surface area contributed by atoms with Crippen LogP contribution in [0.5, 0.6) is 17.4 Å². The molecule has 0 atom stereocenters. The molecule has 2 amide bonds. The van der Waals surface area contributed by atoms with Crippen LogP contribution < -0.4 is 25.4 Å². The summed E-state index contributed by atoms with van der Waals surface area (Å²) in [7, 11) is 1.80. The molecular weight excluding hydrogens is 560 g/mol. The Bertz CT molecular complexity index is 1620. The van der Waals surface area contributed by atoms with Crippen molar-refractivity contribution in [2.24, 2.45) is 0 Å². The highest BCUT2D eigenvalue weighted by Crippen LogP contribution is 2.32. The predicted octanol–water partition coefficient (Wildman–Crippen LogP) is 5.92.